The van der Waals surface area contributed by atoms with E-state index in [9.17, 15) is 9.90 Å². The highest BCUT2D eigenvalue weighted by molar-refractivity contribution is 5.73. The second-order valence-electron chi connectivity index (χ2n) is 8.60. The van der Waals surface area contributed by atoms with E-state index in [-0.39, 0.29) is 23.2 Å². The largest absolute Gasteiger partial charge is 0.507 e. The molecule has 136 valence electrons. The first kappa shape index (κ1) is 19.0. The van der Waals surface area contributed by atoms with Crippen LogP contribution in [0.4, 0.5) is 0 Å². The van der Waals surface area contributed by atoms with Gasteiger partial charge in [0.25, 0.3) is 0 Å². The van der Waals surface area contributed by atoms with Crippen LogP contribution in [0, 0.1) is 0 Å². The molecule has 1 aromatic carbocycles. The van der Waals surface area contributed by atoms with E-state index in [4.69, 9.17) is 5.73 Å². The number of nitrogens with two attached hydrogens (primary N) is 1. The number of nitrogens with zero attached hydrogens (tertiary/aromatic N) is 2. The van der Waals surface area contributed by atoms with Crippen LogP contribution in [0.5, 0.6) is 5.75 Å². The Balaban J connectivity index is 2.53. The summed E-state index contributed by atoms with van der Waals surface area (Å²) in [5.74, 6) is 0.0173. The first-order valence-corrected chi connectivity index (χ1v) is 8.59. The second-order valence-corrected chi connectivity index (χ2v) is 8.60. The molecule has 0 aliphatic carbocycles. The number of aryl methyl sites for hydroxylation is 1. The Morgan fingerprint density at radius 3 is 2.08 bits per heavy atom. The van der Waals surface area contributed by atoms with E-state index >= 15 is 0 Å². The zero-order valence-corrected chi connectivity index (χ0v) is 16.1. The van der Waals surface area contributed by atoms with Crippen molar-refractivity contribution in [3.63, 3.8) is 0 Å². The minimum absolute atomic E-state index is 0.186. The molecule has 5 heteroatoms. The molecule has 0 radical (unpaired) electrons. The Morgan fingerprint density at radius 1 is 1.12 bits per heavy atom. The van der Waals surface area contributed by atoms with Crippen LogP contribution in [-0.2, 0) is 22.2 Å². The van der Waals surface area contributed by atoms with Gasteiger partial charge in [-0.05, 0) is 29.0 Å². The number of hydrogen-bond donors (Lipinski definition) is 2. The molecule has 0 unspecified atom stereocenters. The van der Waals surface area contributed by atoms with Gasteiger partial charge in [-0.1, -0.05) is 41.5 Å². The van der Waals surface area contributed by atoms with Crippen LogP contribution < -0.4 is 5.73 Å². The minimum Gasteiger partial charge on any atom is -0.507 e. The lowest BCUT2D eigenvalue weighted by atomic mass is 9.78. The number of amides is 1. The molecule has 1 heterocycles. The van der Waals surface area contributed by atoms with Gasteiger partial charge in [0.2, 0.25) is 5.91 Å². The standard InChI is InChI=1S/C20H29N3O2/c1-19(2,3)14-11-13(12-15(18(14)25)20(4,5)6)16-7-9-23(22-16)10-8-17(21)24/h7,9,11-12,25H,8,10H2,1-6H3,(H2,21,24). The molecule has 0 bridgehead atoms. The van der Waals surface area contributed by atoms with Crippen LogP contribution >= 0.6 is 0 Å². The van der Waals surface area contributed by atoms with Gasteiger partial charge in [0.15, 0.2) is 0 Å². The summed E-state index contributed by atoms with van der Waals surface area (Å²) in [6.07, 6.45) is 2.11. The number of phenolic OH excluding ortho intramolecular Hbond substituents is 1. The summed E-state index contributed by atoms with van der Waals surface area (Å²) in [5, 5.41) is 15.4. The molecule has 2 rings (SSSR count). The Labute approximate surface area is 149 Å². The van der Waals surface area contributed by atoms with E-state index < -0.39 is 0 Å². The summed E-state index contributed by atoms with van der Waals surface area (Å²) in [5.41, 5.74) is 8.42. The predicted molar refractivity (Wildman–Crippen MR) is 101 cm³/mol. The molecule has 0 fully saturated rings. The van der Waals surface area contributed by atoms with Crippen molar-refractivity contribution in [2.75, 3.05) is 0 Å². The molecule has 0 aliphatic rings. The van der Waals surface area contributed by atoms with Gasteiger partial charge in [-0.25, -0.2) is 0 Å². The summed E-state index contributed by atoms with van der Waals surface area (Å²) in [6, 6.07) is 5.93. The maximum absolute atomic E-state index is 11.0. The molecular formula is C20H29N3O2. The Kier molecular flexibility index (Phi) is 4.98. The average Bonchev–Trinajstić information content (AvgIpc) is 2.91. The molecule has 5 nitrogen and oxygen atoms in total. The third-order valence-electron chi connectivity index (χ3n) is 4.25. The number of aromatic nitrogens is 2. The molecule has 1 aromatic heterocycles. The Morgan fingerprint density at radius 2 is 1.64 bits per heavy atom. The first-order chi connectivity index (χ1) is 11.4. The van der Waals surface area contributed by atoms with Crippen molar-refractivity contribution in [3.8, 4) is 17.0 Å². The Hall–Kier alpha value is -2.30. The predicted octanol–water partition coefficient (Wildman–Crippen LogP) is 3.73. The van der Waals surface area contributed by atoms with E-state index in [2.05, 4.69) is 46.6 Å². The van der Waals surface area contributed by atoms with Crippen LogP contribution in [0.1, 0.15) is 59.1 Å². The zero-order chi connectivity index (χ0) is 19.0. The topological polar surface area (TPSA) is 81.1 Å². The van der Waals surface area contributed by atoms with Crippen LogP contribution in [0.25, 0.3) is 11.3 Å². The van der Waals surface area contributed by atoms with Gasteiger partial charge in [-0.2, -0.15) is 5.10 Å². The number of hydrogen-bond acceptors (Lipinski definition) is 3. The van der Waals surface area contributed by atoms with E-state index in [0.717, 1.165) is 22.4 Å². The van der Waals surface area contributed by atoms with Crippen molar-refractivity contribution in [2.45, 2.75) is 65.3 Å². The summed E-state index contributed by atoms with van der Waals surface area (Å²) in [6.45, 7) is 13.0. The van der Waals surface area contributed by atoms with Crippen LogP contribution in [0.2, 0.25) is 0 Å². The van der Waals surface area contributed by atoms with Crippen molar-refractivity contribution in [1.82, 2.24) is 9.78 Å². The van der Waals surface area contributed by atoms with Crippen molar-refractivity contribution < 1.29 is 9.90 Å². The SMILES string of the molecule is CC(C)(C)c1cc(-c2ccn(CCC(N)=O)n2)cc(C(C)(C)C)c1O. The number of phenols is 1. The number of carbonyl (C=O) groups excluding carboxylic acids is 1. The number of aromatic hydroxyl groups is 1. The highest BCUT2D eigenvalue weighted by Gasteiger charge is 2.27. The molecular weight excluding hydrogens is 314 g/mol. The van der Waals surface area contributed by atoms with Crippen molar-refractivity contribution in [2.24, 2.45) is 5.73 Å². The second kappa shape index (κ2) is 6.54. The maximum atomic E-state index is 11.0. The monoisotopic (exact) mass is 343 g/mol. The quantitative estimate of drug-likeness (QED) is 0.887. The normalized spacial score (nSPS) is 12.4. The van der Waals surface area contributed by atoms with Crippen LogP contribution in [-0.4, -0.2) is 20.8 Å². The fourth-order valence-corrected chi connectivity index (χ4v) is 2.79. The maximum Gasteiger partial charge on any atom is 0.219 e. The minimum atomic E-state index is -0.341. The van der Waals surface area contributed by atoms with Gasteiger partial charge in [0.05, 0.1) is 5.69 Å². The lowest BCUT2D eigenvalue weighted by Gasteiger charge is -2.28. The van der Waals surface area contributed by atoms with Gasteiger partial charge in [-0.15, -0.1) is 0 Å². The summed E-state index contributed by atoms with van der Waals surface area (Å²) in [7, 11) is 0. The van der Waals surface area contributed by atoms with Crippen LogP contribution in [0.15, 0.2) is 24.4 Å². The fraction of sp³-hybridized carbons (Fsp3) is 0.500. The first-order valence-electron chi connectivity index (χ1n) is 8.59. The van der Waals surface area contributed by atoms with E-state index in [1.807, 2.05) is 24.4 Å². The molecule has 0 spiro atoms. The molecule has 0 saturated heterocycles. The number of benzene rings is 1. The highest BCUT2D eigenvalue weighted by Crippen LogP contribution is 2.41. The van der Waals surface area contributed by atoms with Gasteiger partial charge in [0, 0.05) is 35.9 Å². The van der Waals surface area contributed by atoms with Gasteiger partial charge < -0.3 is 10.8 Å². The van der Waals surface area contributed by atoms with E-state index in [0.29, 0.717) is 12.3 Å². The zero-order valence-electron chi connectivity index (χ0n) is 16.1. The Bertz CT molecular complexity index is 742. The molecule has 1 amide bonds. The van der Waals surface area contributed by atoms with E-state index in [1.165, 1.54) is 0 Å². The molecule has 0 saturated carbocycles. The third-order valence-corrected chi connectivity index (χ3v) is 4.25. The number of rotatable bonds is 4. The van der Waals surface area contributed by atoms with Crippen molar-refractivity contribution in [1.29, 1.82) is 0 Å². The smallest absolute Gasteiger partial charge is 0.219 e. The van der Waals surface area contributed by atoms with Gasteiger partial charge in [-0.3, -0.25) is 9.48 Å². The fourth-order valence-electron chi connectivity index (χ4n) is 2.79. The van der Waals surface area contributed by atoms with Crippen molar-refractivity contribution in [3.05, 3.63) is 35.5 Å². The molecule has 0 atom stereocenters. The summed E-state index contributed by atoms with van der Waals surface area (Å²) in [4.78, 5) is 11.0. The van der Waals surface area contributed by atoms with Crippen LogP contribution in [0.3, 0.4) is 0 Å². The summed E-state index contributed by atoms with van der Waals surface area (Å²) < 4.78 is 1.72. The summed E-state index contributed by atoms with van der Waals surface area (Å²) >= 11 is 0. The molecule has 3 N–H and O–H groups in total. The number of carbonyl (C=O) groups is 1. The van der Waals surface area contributed by atoms with E-state index in [1.54, 1.807) is 4.68 Å². The number of primary amides is 1. The lowest BCUT2D eigenvalue weighted by Crippen LogP contribution is -2.17. The van der Waals surface area contributed by atoms with Gasteiger partial charge >= 0.3 is 0 Å². The highest BCUT2D eigenvalue weighted by atomic mass is 16.3. The van der Waals surface area contributed by atoms with Gasteiger partial charge in [0.1, 0.15) is 5.75 Å². The average molecular weight is 343 g/mol. The molecule has 2 aromatic rings. The molecule has 25 heavy (non-hydrogen) atoms. The molecule has 0 aliphatic heterocycles. The lowest BCUT2D eigenvalue weighted by molar-refractivity contribution is -0.118. The third kappa shape index (κ3) is 4.41. The van der Waals surface area contributed by atoms with Crippen molar-refractivity contribution >= 4 is 5.91 Å².